The standard InChI is InChI=1S/C9H14N4/c10-8-4-7(5-8)6-11-9-2-1-3-12-13-9/h1-3,7-8H,4-6,10H2,(H,11,13). The quantitative estimate of drug-likeness (QED) is 0.712. The van der Waals surface area contributed by atoms with Crippen LogP contribution in [0.2, 0.25) is 0 Å². The van der Waals surface area contributed by atoms with Gasteiger partial charge < -0.3 is 11.1 Å². The molecule has 13 heavy (non-hydrogen) atoms. The van der Waals surface area contributed by atoms with Crippen molar-refractivity contribution in [2.24, 2.45) is 11.7 Å². The maximum absolute atomic E-state index is 5.68. The van der Waals surface area contributed by atoms with Gasteiger partial charge in [0.25, 0.3) is 0 Å². The zero-order valence-corrected chi connectivity index (χ0v) is 7.48. The highest BCUT2D eigenvalue weighted by Gasteiger charge is 2.25. The molecule has 0 atom stereocenters. The Morgan fingerprint density at radius 2 is 2.38 bits per heavy atom. The number of hydrogen-bond acceptors (Lipinski definition) is 4. The van der Waals surface area contributed by atoms with E-state index < -0.39 is 0 Å². The third-order valence-electron chi connectivity index (χ3n) is 2.42. The minimum absolute atomic E-state index is 0.425. The van der Waals surface area contributed by atoms with Gasteiger partial charge >= 0.3 is 0 Å². The van der Waals surface area contributed by atoms with Gasteiger partial charge in [-0.2, -0.15) is 5.10 Å². The number of hydrogen-bond donors (Lipinski definition) is 2. The fourth-order valence-corrected chi connectivity index (χ4v) is 1.60. The van der Waals surface area contributed by atoms with Gasteiger partial charge in [-0.1, -0.05) is 0 Å². The Hall–Kier alpha value is -1.16. The summed E-state index contributed by atoms with van der Waals surface area (Å²) in [6.45, 7) is 0.965. The molecule has 1 heterocycles. The molecule has 0 saturated heterocycles. The summed E-state index contributed by atoms with van der Waals surface area (Å²) in [6.07, 6.45) is 3.94. The fraction of sp³-hybridized carbons (Fsp3) is 0.556. The number of nitrogens with one attached hydrogen (secondary N) is 1. The van der Waals surface area contributed by atoms with Crippen molar-refractivity contribution in [1.29, 1.82) is 0 Å². The molecular formula is C9H14N4. The van der Waals surface area contributed by atoms with Crippen LogP contribution in [0, 0.1) is 5.92 Å². The first-order chi connectivity index (χ1) is 6.34. The van der Waals surface area contributed by atoms with E-state index in [4.69, 9.17) is 5.73 Å². The number of aromatic nitrogens is 2. The van der Waals surface area contributed by atoms with Crippen LogP contribution in [0.1, 0.15) is 12.8 Å². The van der Waals surface area contributed by atoms with Crippen molar-refractivity contribution >= 4 is 5.82 Å². The van der Waals surface area contributed by atoms with Crippen LogP contribution in [0.3, 0.4) is 0 Å². The molecule has 1 fully saturated rings. The monoisotopic (exact) mass is 178 g/mol. The molecule has 70 valence electrons. The highest BCUT2D eigenvalue weighted by Crippen LogP contribution is 2.25. The summed E-state index contributed by atoms with van der Waals surface area (Å²) < 4.78 is 0. The van der Waals surface area contributed by atoms with E-state index in [0.29, 0.717) is 6.04 Å². The second-order valence-electron chi connectivity index (χ2n) is 3.59. The SMILES string of the molecule is NC1CC(CNc2cccnn2)C1. The Bertz CT molecular complexity index is 256. The van der Waals surface area contributed by atoms with Gasteiger partial charge in [0, 0.05) is 18.8 Å². The summed E-state index contributed by atoms with van der Waals surface area (Å²) in [5, 5.41) is 11.0. The molecule has 4 heteroatoms. The first-order valence-electron chi connectivity index (χ1n) is 4.62. The Balaban J connectivity index is 1.74. The molecule has 0 amide bonds. The van der Waals surface area contributed by atoms with Crippen LogP contribution in [0.4, 0.5) is 5.82 Å². The van der Waals surface area contributed by atoms with Crippen LogP contribution in [-0.2, 0) is 0 Å². The van der Waals surface area contributed by atoms with Crippen molar-refractivity contribution in [2.45, 2.75) is 18.9 Å². The van der Waals surface area contributed by atoms with E-state index in [0.717, 1.165) is 31.1 Å². The van der Waals surface area contributed by atoms with Gasteiger partial charge in [0.1, 0.15) is 5.82 Å². The van der Waals surface area contributed by atoms with E-state index in [-0.39, 0.29) is 0 Å². The van der Waals surface area contributed by atoms with E-state index in [9.17, 15) is 0 Å². The van der Waals surface area contributed by atoms with Gasteiger partial charge in [-0.05, 0) is 30.9 Å². The zero-order valence-electron chi connectivity index (χ0n) is 7.48. The van der Waals surface area contributed by atoms with Crippen LogP contribution in [-0.4, -0.2) is 22.8 Å². The summed E-state index contributed by atoms with van der Waals surface area (Å²) in [7, 11) is 0. The van der Waals surface area contributed by atoms with E-state index in [2.05, 4.69) is 15.5 Å². The van der Waals surface area contributed by atoms with Gasteiger partial charge in [0.15, 0.2) is 0 Å². The van der Waals surface area contributed by atoms with Crippen LogP contribution < -0.4 is 11.1 Å². The third-order valence-corrected chi connectivity index (χ3v) is 2.42. The van der Waals surface area contributed by atoms with Gasteiger partial charge in [-0.3, -0.25) is 0 Å². The predicted molar refractivity (Wildman–Crippen MR) is 51.2 cm³/mol. The first kappa shape index (κ1) is 8.44. The smallest absolute Gasteiger partial charge is 0.148 e. The van der Waals surface area contributed by atoms with Crippen LogP contribution in [0.25, 0.3) is 0 Å². The van der Waals surface area contributed by atoms with E-state index in [1.807, 2.05) is 12.1 Å². The zero-order chi connectivity index (χ0) is 9.10. The van der Waals surface area contributed by atoms with Gasteiger partial charge in [0.05, 0.1) is 0 Å². The van der Waals surface area contributed by atoms with Gasteiger partial charge in [0.2, 0.25) is 0 Å². The van der Waals surface area contributed by atoms with E-state index in [1.165, 1.54) is 0 Å². The molecule has 1 aromatic rings. The van der Waals surface area contributed by atoms with Crippen LogP contribution in [0.5, 0.6) is 0 Å². The normalized spacial score (nSPS) is 26.5. The minimum Gasteiger partial charge on any atom is -0.368 e. The molecule has 0 radical (unpaired) electrons. The highest BCUT2D eigenvalue weighted by molar-refractivity contribution is 5.31. The van der Waals surface area contributed by atoms with E-state index >= 15 is 0 Å². The van der Waals surface area contributed by atoms with Gasteiger partial charge in [-0.25, -0.2) is 0 Å². The number of nitrogens with two attached hydrogens (primary N) is 1. The maximum Gasteiger partial charge on any atom is 0.148 e. The minimum atomic E-state index is 0.425. The molecule has 1 aromatic heterocycles. The summed E-state index contributed by atoms with van der Waals surface area (Å²) in [4.78, 5) is 0. The Kier molecular flexibility index (Phi) is 2.40. The molecule has 2 rings (SSSR count). The number of rotatable bonds is 3. The van der Waals surface area contributed by atoms with Crippen LogP contribution in [0.15, 0.2) is 18.3 Å². The summed E-state index contributed by atoms with van der Waals surface area (Å²) >= 11 is 0. The fourth-order valence-electron chi connectivity index (χ4n) is 1.60. The number of nitrogens with zero attached hydrogens (tertiary/aromatic N) is 2. The van der Waals surface area contributed by atoms with Gasteiger partial charge in [-0.15, -0.1) is 5.10 Å². The van der Waals surface area contributed by atoms with Crippen molar-refractivity contribution in [3.8, 4) is 0 Å². The van der Waals surface area contributed by atoms with Crippen molar-refractivity contribution in [3.05, 3.63) is 18.3 Å². The topological polar surface area (TPSA) is 63.8 Å². The Labute approximate surface area is 77.5 Å². The lowest BCUT2D eigenvalue weighted by atomic mass is 9.81. The van der Waals surface area contributed by atoms with Crippen molar-refractivity contribution in [2.75, 3.05) is 11.9 Å². The molecule has 4 nitrogen and oxygen atoms in total. The molecule has 1 saturated carbocycles. The Morgan fingerprint density at radius 1 is 1.54 bits per heavy atom. The molecule has 0 bridgehead atoms. The Morgan fingerprint density at radius 3 is 3.00 bits per heavy atom. The molecule has 0 aliphatic heterocycles. The van der Waals surface area contributed by atoms with Crippen molar-refractivity contribution in [1.82, 2.24) is 10.2 Å². The van der Waals surface area contributed by atoms with Crippen molar-refractivity contribution < 1.29 is 0 Å². The molecule has 0 spiro atoms. The predicted octanol–water partition coefficient (Wildman–Crippen LogP) is 0.626. The average molecular weight is 178 g/mol. The highest BCUT2D eigenvalue weighted by atomic mass is 15.2. The molecule has 0 unspecified atom stereocenters. The molecule has 3 N–H and O–H groups in total. The summed E-state index contributed by atoms with van der Waals surface area (Å²) in [5.41, 5.74) is 5.68. The maximum atomic E-state index is 5.68. The van der Waals surface area contributed by atoms with Crippen LogP contribution >= 0.6 is 0 Å². The molecule has 0 aromatic carbocycles. The molecular weight excluding hydrogens is 164 g/mol. The molecule has 1 aliphatic carbocycles. The lowest BCUT2D eigenvalue weighted by molar-refractivity contribution is 0.280. The largest absolute Gasteiger partial charge is 0.368 e. The third kappa shape index (κ3) is 2.15. The lowest BCUT2D eigenvalue weighted by Crippen LogP contribution is -2.39. The molecule has 1 aliphatic rings. The average Bonchev–Trinajstić information content (AvgIpc) is 2.12. The number of anilines is 1. The lowest BCUT2D eigenvalue weighted by Gasteiger charge is -2.32. The second-order valence-corrected chi connectivity index (χ2v) is 3.59. The summed E-state index contributed by atoms with van der Waals surface area (Å²) in [6, 6.07) is 4.22. The van der Waals surface area contributed by atoms with Crippen molar-refractivity contribution in [3.63, 3.8) is 0 Å². The first-order valence-corrected chi connectivity index (χ1v) is 4.62. The van der Waals surface area contributed by atoms with E-state index in [1.54, 1.807) is 6.20 Å². The second kappa shape index (κ2) is 3.70. The summed E-state index contributed by atoms with van der Waals surface area (Å²) in [5.74, 6) is 1.57.